The topological polar surface area (TPSA) is 79.5 Å². The van der Waals surface area contributed by atoms with Gasteiger partial charge < -0.3 is 4.52 Å². The first kappa shape index (κ1) is 13.4. The molecule has 0 bridgehead atoms. The monoisotopic (exact) mass is 274 g/mol. The van der Waals surface area contributed by atoms with Crippen LogP contribution in [0, 0.1) is 6.92 Å². The molecule has 1 aliphatic heterocycles. The molecule has 1 aliphatic rings. The first-order valence-corrected chi connectivity index (χ1v) is 7.19. The highest BCUT2D eigenvalue weighted by Crippen LogP contribution is 2.39. The Labute approximate surface area is 107 Å². The molecule has 1 aromatic rings. The van der Waals surface area contributed by atoms with Gasteiger partial charge in [-0.15, -0.1) is 0 Å². The Morgan fingerprint density at radius 3 is 2.61 bits per heavy atom. The predicted molar refractivity (Wildman–Crippen MR) is 64.9 cm³/mol. The molecule has 0 aliphatic carbocycles. The van der Waals surface area contributed by atoms with E-state index in [0.717, 1.165) is 6.42 Å². The maximum Gasteiger partial charge on any atom is 0.282 e. The van der Waals surface area contributed by atoms with Crippen LogP contribution < -0.4 is 0 Å². The molecule has 7 nitrogen and oxygen atoms in total. The van der Waals surface area contributed by atoms with E-state index in [1.54, 1.807) is 6.92 Å². The van der Waals surface area contributed by atoms with Crippen molar-refractivity contribution in [3.63, 3.8) is 0 Å². The number of hydrogen-bond acceptors (Lipinski definition) is 5. The molecule has 0 amide bonds. The minimum Gasteiger partial charge on any atom is -0.337 e. The molecule has 2 heterocycles. The molecule has 0 radical (unpaired) electrons. The van der Waals surface area contributed by atoms with Crippen molar-refractivity contribution >= 4 is 10.2 Å². The van der Waals surface area contributed by atoms with Gasteiger partial charge in [0.15, 0.2) is 5.82 Å². The van der Waals surface area contributed by atoms with Crippen LogP contribution in [-0.2, 0) is 15.7 Å². The number of nitrogens with zero attached hydrogens (tertiary/aromatic N) is 4. The van der Waals surface area contributed by atoms with Crippen molar-refractivity contribution in [3.8, 4) is 0 Å². The Morgan fingerprint density at radius 2 is 2.11 bits per heavy atom. The second kappa shape index (κ2) is 4.29. The molecule has 8 heteroatoms. The van der Waals surface area contributed by atoms with E-state index >= 15 is 0 Å². The molecule has 1 aromatic heterocycles. The lowest BCUT2D eigenvalue weighted by atomic mass is 10.0. The molecule has 0 saturated carbocycles. The average Bonchev–Trinajstić information content (AvgIpc) is 2.85. The second-order valence-corrected chi connectivity index (χ2v) is 6.95. The second-order valence-electron chi connectivity index (χ2n) is 4.89. The standard InChI is InChI=1S/C10H18N4O3S/c1-8-11-9(17-12-8)10(2)6-5-7-14(10)18(15,16)13(3)4/h5-7H2,1-4H3/t10-/m0/s1. The Balaban J connectivity index is 2.44. The van der Waals surface area contributed by atoms with E-state index < -0.39 is 15.7 Å². The quantitative estimate of drug-likeness (QED) is 0.801. The zero-order valence-corrected chi connectivity index (χ0v) is 11.9. The van der Waals surface area contributed by atoms with E-state index in [0.29, 0.717) is 24.7 Å². The normalized spacial score (nSPS) is 26.1. The first-order chi connectivity index (χ1) is 8.28. The number of aromatic nitrogens is 2. The van der Waals surface area contributed by atoms with Crippen molar-refractivity contribution in [1.82, 2.24) is 18.8 Å². The summed E-state index contributed by atoms with van der Waals surface area (Å²) in [6.45, 7) is 4.02. The van der Waals surface area contributed by atoms with Gasteiger partial charge in [-0.25, -0.2) is 0 Å². The van der Waals surface area contributed by atoms with Crippen molar-refractivity contribution in [2.24, 2.45) is 0 Å². The fourth-order valence-electron chi connectivity index (χ4n) is 2.23. The maximum absolute atomic E-state index is 12.3. The molecule has 0 spiro atoms. The van der Waals surface area contributed by atoms with Crippen LogP contribution in [0.25, 0.3) is 0 Å². The third kappa shape index (κ3) is 1.94. The molecular formula is C10H18N4O3S. The molecule has 1 fully saturated rings. The summed E-state index contributed by atoms with van der Waals surface area (Å²) in [6.07, 6.45) is 1.46. The summed E-state index contributed by atoms with van der Waals surface area (Å²) in [6, 6.07) is 0. The minimum atomic E-state index is -3.48. The predicted octanol–water partition coefficient (Wildman–Crippen LogP) is 0.495. The molecule has 0 N–H and O–H groups in total. The molecule has 0 unspecified atom stereocenters. The molecule has 18 heavy (non-hydrogen) atoms. The van der Waals surface area contributed by atoms with E-state index in [2.05, 4.69) is 10.1 Å². The fourth-order valence-corrected chi connectivity index (χ4v) is 3.67. The SMILES string of the molecule is Cc1noc([C@]2(C)CCCN2S(=O)(=O)N(C)C)n1. The molecule has 102 valence electrons. The number of hydrogen-bond donors (Lipinski definition) is 0. The van der Waals surface area contributed by atoms with E-state index in [9.17, 15) is 8.42 Å². The fraction of sp³-hybridized carbons (Fsp3) is 0.800. The summed E-state index contributed by atoms with van der Waals surface area (Å²) in [4.78, 5) is 4.19. The minimum absolute atomic E-state index is 0.364. The third-order valence-electron chi connectivity index (χ3n) is 3.30. The van der Waals surface area contributed by atoms with Crippen molar-refractivity contribution in [1.29, 1.82) is 0 Å². The summed E-state index contributed by atoms with van der Waals surface area (Å²) in [5, 5.41) is 3.75. The van der Waals surface area contributed by atoms with E-state index in [1.807, 2.05) is 6.92 Å². The summed E-state index contributed by atoms with van der Waals surface area (Å²) < 4.78 is 32.4. The zero-order chi connectivity index (χ0) is 13.6. The molecule has 2 rings (SSSR count). The van der Waals surface area contributed by atoms with Crippen LogP contribution in [0.1, 0.15) is 31.5 Å². The van der Waals surface area contributed by atoms with Crippen LogP contribution in [0.5, 0.6) is 0 Å². The molecule has 1 atom stereocenters. The van der Waals surface area contributed by atoms with Crippen LogP contribution in [0.15, 0.2) is 4.52 Å². The lowest BCUT2D eigenvalue weighted by Crippen LogP contribution is -2.48. The molecule has 0 aromatic carbocycles. The van der Waals surface area contributed by atoms with Gasteiger partial charge in [0.05, 0.1) is 0 Å². The van der Waals surface area contributed by atoms with E-state index in [-0.39, 0.29) is 0 Å². The van der Waals surface area contributed by atoms with Crippen LogP contribution in [0.2, 0.25) is 0 Å². The van der Waals surface area contributed by atoms with Gasteiger partial charge in [-0.2, -0.15) is 22.0 Å². The molecule has 1 saturated heterocycles. The summed E-state index contributed by atoms with van der Waals surface area (Å²) in [5.74, 6) is 0.878. The molecular weight excluding hydrogens is 256 g/mol. The number of rotatable bonds is 3. The van der Waals surface area contributed by atoms with Crippen LogP contribution in [0.4, 0.5) is 0 Å². The van der Waals surface area contributed by atoms with Gasteiger partial charge in [-0.3, -0.25) is 0 Å². The van der Waals surface area contributed by atoms with Gasteiger partial charge in [0.25, 0.3) is 10.2 Å². The Morgan fingerprint density at radius 1 is 1.44 bits per heavy atom. The lowest BCUT2D eigenvalue weighted by molar-refractivity contribution is 0.187. The Bertz CT molecular complexity index is 539. The van der Waals surface area contributed by atoms with E-state index in [4.69, 9.17) is 4.52 Å². The zero-order valence-electron chi connectivity index (χ0n) is 11.0. The highest BCUT2D eigenvalue weighted by atomic mass is 32.2. The summed E-state index contributed by atoms with van der Waals surface area (Å²) in [7, 11) is -0.442. The van der Waals surface area contributed by atoms with Gasteiger partial charge >= 0.3 is 0 Å². The van der Waals surface area contributed by atoms with Crippen molar-refractivity contribution in [2.75, 3.05) is 20.6 Å². The van der Waals surface area contributed by atoms with Gasteiger partial charge in [-0.1, -0.05) is 5.16 Å². The van der Waals surface area contributed by atoms with Crippen LogP contribution in [-0.4, -0.2) is 47.8 Å². The third-order valence-corrected chi connectivity index (χ3v) is 5.37. The van der Waals surface area contributed by atoms with Crippen LogP contribution in [0.3, 0.4) is 0 Å². The van der Waals surface area contributed by atoms with Crippen LogP contribution >= 0.6 is 0 Å². The number of aryl methyl sites for hydroxylation is 1. The van der Waals surface area contributed by atoms with Crippen molar-refractivity contribution in [2.45, 2.75) is 32.2 Å². The Kier molecular flexibility index (Phi) is 3.20. The van der Waals surface area contributed by atoms with Gasteiger partial charge in [-0.05, 0) is 26.7 Å². The van der Waals surface area contributed by atoms with Crippen molar-refractivity contribution < 1.29 is 12.9 Å². The van der Waals surface area contributed by atoms with E-state index in [1.165, 1.54) is 22.7 Å². The van der Waals surface area contributed by atoms with Gasteiger partial charge in [0, 0.05) is 20.6 Å². The Hall–Kier alpha value is -0.990. The smallest absolute Gasteiger partial charge is 0.282 e. The van der Waals surface area contributed by atoms with Gasteiger partial charge in [0.2, 0.25) is 5.89 Å². The highest BCUT2D eigenvalue weighted by Gasteiger charge is 2.49. The van der Waals surface area contributed by atoms with Gasteiger partial charge in [0.1, 0.15) is 5.54 Å². The summed E-state index contributed by atoms with van der Waals surface area (Å²) >= 11 is 0. The largest absolute Gasteiger partial charge is 0.337 e. The maximum atomic E-state index is 12.3. The first-order valence-electron chi connectivity index (χ1n) is 5.79. The lowest BCUT2D eigenvalue weighted by Gasteiger charge is -2.32. The highest BCUT2D eigenvalue weighted by molar-refractivity contribution is 7.86. The average molecular weight is 274 g/mol. The summed E-state index contributed by atoms with van der Waals surface area (Å²) in [5.41, 5.74) is -0.746. The van der Waals surface area contributed by atoms with Crippen molar-refractivity contribution in [3.05, 3.63) is 11.7 Å².